The van der Waals surface area contributed by atoms with Crippen LogP contribution in [0.5, 0.6) is 0 Å². The van der Waals surface area contributed by atoms with Crippen LogP contribution in [0, 0.1) is 5.41 Å². The average molecular weight is 488 g/mol. The topological polar surface area (TPSA) is 44.4 Å². The van der Waals surface area contributed by atoms with Gasteiger partial charge < -0.3 is 15.5 Å². The van der Waals surface area contributed by atoms with E-state index in [1.165, 1.54) is 0 Å². The molecule has 3 aromatic rings. The standard InChI is InChI=1S/C28H26ClN3OS/c1-28(2)16-22-25(24(33)17-28)26(19-12-6-7-13-20(19)29)32(23-15-9-8-14-21(23)31-22)27(34)30-18-10-4-3-5-11-18/h3-15,26,31H,16-17H2,1-2H3,(H,30,34)/t26-/m0/s1. The van der Waals surface area contributed by atoms with E-state index in [4.69, 9.17) is 23.8 Å². The maximum Gasteiger partial charge on any atom is 0.178 e. The van der Waals surface area contributed by atoms with Crippen LogP contribution in [0.25, 0.3) is 0 Å². The molecule has 1 aliphatic carbocycles. The number of halogens is 1. The normalized spacial score (nSPS) is 19.0. The SMILES string of the molecule is CC1(C)CC(=O)C2=C(C1)Nc1ccccc1N(C(=S)Nc1ccccc1)[C@H]2c1ccccc1Cl. The first-order valence-corrected chi connectivity index (χ1v) is 12.1. The summed E-state index contributed by atoms with van der Waals surface area (Å²) in [4.78, 5) is 15.8. The van der Waals surface area contributed by atoms with Gasteiger partial charge >= 0.3 is 0 Å². The third kappa shape index (κ3) is 4.22. The van der Waals surface area contributed by atoms with Gasteiger partial charge in [0.25, 0.3) is 0 Å². The van der Waals surface area contributed by atoms with Gasteiger partial charge in [-0.05, 0) is 59.9 Å². The molecule has 172 valence electrons. The number of carbonyl (C=O) groups is 1. The molecule has 1 aliphatic heterocycles. The van der Waals surface area contributed by atoms with Crippen LogP contribution in [0.1, 0.15) is 38.3 Å². The molecule has 2 aliphatic rings. The maximum absolute atomic E-state index is 13.7. The Labute approximate surface area is 210 Å². The molecule has 2 N–H and O–H groups in total. The molecule has 0 saturated heterocycles. The van der Waals surface area contributed by atoms with E-state index >= 15 is 0 Å². The van der Waals surface area contributed by atoms with Crippen molar-refractivity contribution in [3.8, 4) is 0 Å². The minimum atomic E-state index is -0.466. The Kier molecular flexibility index (Phi) is 5.92. The Morgan fingerprint density at radius 1 is 1.00 bits per heavy atom. The number of carbonyl (C=O) groups excluding carboxylic acids is 1. The van der Waals surface area contributed by atoms with E-state index in [-0.39, 0.29) is 11.2 Å². The zero-order valence-corrected chi connectivity index (χ0v) is 20.7. The molecule has 3 aromatic carbocycles. The van der Waals surface area contributed by atoms with Crippen molar-refractivity contribution >= 4 is 51.8 Å². The predicted octanol–water partition coefficient (Wildman–Crippen LogP) is 7.35. The lowest BCUT2D eigenvalue weighted by Gasteiger charge is -2.38. The molecule has 0 radical (unpaired) electrons. The van der Waals surface area contributed by atoms with Crippen molar-refractivity contribution in [1.82, 2.24) is 0 Å². The minimum absolute atomic E-state index is 0.115. The quantitative estimate of drug-likeness (QED) is 0.370. The molecular formula is C28H26ClN3OS. The van der Waals surface area contributed by atoms with E-state index in [9.17, 15) is 4.79 Å². The lowest BCUT2D eigenvalue weighted by Crippen LogP contribution is -2.41. The van der Waals surface area contributed by atoms with Crippen molar-refractivity contribution in [3.63, 3.8) is 0 Å². The lowest BCUT2D eigenvalue weighted by molar-refractivity contribution is -0.118. The van der Waals surface area contributed by atoms with Gasteiger partial charge in [-0.1, -0.05) is 74.0 Å². The third-order valence-electron chi connectivity index (χ3n) is 6.34. The van der Waals surface area contributed by atoms with Crippen LogP contribution in [0.15, 0.2) is 90.1 Å². The third-order valence-corrected chi connectivity index (χ3v) is 6.99. The molecule has 0 spiro atoms. The van der Waals surface area contributed by atoms with Gasteiger partial charge in [-0.3, -0.25) is 4.79 Å². The van der Waals surface area contributed by atoms with Crippen molar-refractivity contribution in [3.05, 3.63) is 101 Å². The second-order valence-corrected chi connectivity index (χ2v) is 10.4. The Morgan fingerprint density at radius 2 is 1.68 bits per heavy atom. The molecule has 1 heterocycles. The summed E-state index contributed by atoms with van der Waals surface area (Å²) in [6.45, 7) is 4.27. The molecule has 0 unspecified atom stereocenters. The van der Waals surface area contributed by atoms with Crippen molar-refractivity contribution in [1.29, 1.82) is 0 Å². The summed E-state index contributed by atoms with van der Waals surface area (Å²) < 4.78 is 0. The highest BCUT2D eigenvalue weighted by Gasteiger charge is 2.43. The second-order valence-electron chi connectivity index (χ2n) is 9.57. The molecular weight excluding hydrogens is 462 g/mol. The first-order chi connectivity index (χ1) is 16.3. The fraction of sp³-hybridized carbons (Fsp3) is 0.214. The largest absolute Gasteiger partial charge is 0.357 e. The molecule has 0 bridgehead atoms. The summed E-state index contributed by atoms with van der Waals surface area (Å²) in [5, 5.41) is 8.08. The van der Waals surface area contributed by atoms with Gasteiger partial charge in [0.15, 0.2) is 10.9 Å². The summed E-state index contributed by atoms with van der Waals surface area (Å²) >= 11 is 12.8. The summed E-state index contributed by atoms with van der Waals surface area (Å²) in [6, 6.07) is 25.1. The van der Waals surface area contributed by atoms with E-state index < -0.39 is 6.04 Å². The number of fused-ring (bicyclic) bond motifs is 1. The van der Waals surface area contributed by atoms with Crippen molar-refractivity contribution in [2.45, 2.75) is 32.7 Å². The van der Waals surface area contributed by atoms with E-state index in [1.807, 2.05) is 83.8 Å². The van der Waals surface area contributed by atoms with Gasteiger partial charge in [-0.15, -0.1) is 0 Å². The number of allylic oxidation sites excluding steroid dienone is 1. The monoisotopic (exact) mass is 487 g/mol. The number of ketones is 1. The highest BCUT2D eigenvalue weighted by atomic mass is 35.5. The van der Waals surface area contributed by atoms with E-state index in [1.54, 1.807) is 0 Å². The Hall–Kier alpha value is -3.15. The summed E-state index contributed by atoms with van der Waals surface area (Å²) in [7, 11) is 0. The number of hydrogen-bond acceptors (Lipinski definition) is 3. The van der Waals surface area contributed by atoms with Gasteiger partial charge in [0.2, 0.25) is 0 Å². The molecule has 0 fully saturated rings. The maximum atomic E-state index is 13.7. The Balaban J connectivity index is 1.74. The van der Waals surface area contributed by atoms with Gasteiger partial charge in [0.1, 0.15) is 0 Å². The molecule has 34 heavy (non-hydrogen) atoms. The number of hydrogen-bond donors (Lipinski definition) is 2. The van der Waals surface area contributed by atoms with Crippen LogP contribution in [0.2, 0.25) is 5.02 Å². The summed E-state index contributed by atoms with van der Waals surface area (Å²) in [5.41, 5.74) is 5.05. The minimum Gasteiger partial charge on any atom is -0.357 e. The highest BCUT2D eigenvalue weighted by Crippen LogP contribution is 2.49. The number of para-hydroxylation sites is 3. The molecule has 0 amide bonds. The second kappa shape index (κ2) is 8.90. The van der Waals surface area contributed by atoms with Crippen LogP contribution < -0.4 is 15.5 Å². The van der Waals surface area contributed by atoms with Gasteiger partial charge in [-0.2, -0.15) is 0 Å². The number of anilines is 3. The molecule has 5 rings (SSSR count). The molecule has 0 saturated carbocycles. The fourth-order valence-corrected chi connectivity index (χ4v) is 5.47. The van der Waals surface area contributed by atoms with E-state index in [2.05, 4.69) is 24.5 Å². The van der Waals surface area contributed by atoms with Crippen LogP contribution in [0.3, 0.4) is 0 Å². The van der Waals surface area contributed by atoms with Crippen molar-refractivity contribution in [2.75, 3.05) is 15.5 Å². The van der Waals surface area contributed by atoms with Crippen LogP contribution in [-0.4, -0.2) is 10.9 Å². The van der Waals surface area contributed by atoms with Crippen LogP contribution in [0.4, 0.5) is 17.1 Å². The first kappa shape index (κ1) is 22.6. The smallest absolute Gasteiger partial charge is 0.178 e. The van der Waals surface area contributed by atoms with E-state index in [0.29, 0.717) is 16.6 Å². The van der Waals surface area contributed by atoms with Crippen LogP contribution in [-0.2, 0) is 4.79 Å². The zero-order valence-electron chi connectivity index (χ0n) is 19.1. The molecule has 1 atom stereocenters. The number of thiocarbonyl (C=S) groups is 1. The number of nitrogens with zero attached hydrogens (tertiary/aromatic N) is 1. The number of Topliss-reactive ketones (excluding diaryl/α,β-unsaturated/α-hetero) is 1. The number of nitrogens with one attached hydrogen (secondary N) is 2. The van der Waals surface area contributed by atoms with Gasteiger partial charge in [-0.25, -0.2) is 0 Å². The highest BCUT2D eigenvalue weighted by molar-refractivity contribution is 7.80. The van der Waals surface area contributed by atoms with Crippen molar-refractivity contribution < 1.29 is 4.79 Å². The molecule has 6 heteroatoms. The Morgan fingerprint density at radius 3 is 2.44 bits per heavy atom. The average Bonchev–Trinajstić information content (AvgIpc) is 2.93. The summed E-state index contributed by atoms with van der Waals surface area (Å²) in [6.07, 6.45) is 1.23. The predicted molar refractivity (Wildman–Crippen MR) is 144 cm³/mol. The first-order valence-electron chi connectivity index (χ1n) is 11.4. The van der Waals surface area contributed by atoms with Crippen LogP contribution >= 0.6 is 23.8 Å². The Bertz CT molecular complexity index is 1300. The fourth-order valence-electron chi connectivity index (χ4n) is 4.91. The van der Waals surface area contributed by atoms with Gasteiger partial charge in [0.05, 0.1) is 17.4 Å². The van der Waals surface area contributed by atoms with E-state index in [0.717, 1.165) is 40.3 Å². The van der Waals surface area contributed by atoms with Gasteiger partial charge in [0, 0.05) is 28.4 Å². The van der Waals surface area contributed by atoms with Crippen molar-refractivity contribution in [2.24, 2.45) is 5.41 Å². The molecule has 0 aromatic heterocycles. The molecule has 4 nitrogen and oxygen atoms in total. The number of benzene rings is 3. The number of rotatable bonds is 2. The zero-order chi connectivity index (χ0) is 23.9. The summed E-state index contributed by atoms with van der Waals surface area (Å²) in [5.74, 6) is 0.115. The lowest BCUT2D eigenvalue weighted by atomic mass is 9.73.